The molecule has 1 aliphatic heterocycles. The molecule has 0 amide bonds. The number of ether oxygens (including phenoxy) is 7. The van der Waals surface area contributed by atoms with Crippen LogP contribution in [0.3, 0.4) is 0 Å². The van der Waals surface area contributed by atoms with Crippen LogP contribution in [0.1, 0.15) is 290 Å². The Morgan fingerprint density at radius 1 is 0.412 bits per heavy atom. The molecule has 0 saturated carbocycles. The van der Waals surface area contributed by atoms with Crippen molar-refractivity contribution < 1.29 is 75.8 Å². The molecule has 0 unspecified atom stereocenters. The smallest absolute Gasteiger partial charge is 0.184 e. The van der Waals surface area contributed by atoms with Crippen LogP contribution in [0, 0.1) is 35.2 Å². The molecule has 0 bridgehead atoms. The summed E-state index contributed by atoms with van der Waals surface area (Å²) in [4.78, 5) is 0. The second-order valence-corrected chi connectivity index (χ2v) is 31.3. The number of benzene rings is 6. The molecule has 119 heavy (non-hydrogen) atoms. The summed E-state index contributed by atoms with van der Waals surface area (Å²) in [7, 11) is 0. The molecule has 0 aliphatic carbocycles. The van der Waals surface area contributed by atoms with E-state index in [9.17, 15) is 20.4 Å². The highest BCUT2D eigenvalue weighted by Gasteiger charge is 2.26. The second-order valence-electron chi connectivity index (χ2n) is 28.5. The highest BCUT2D eigenvalue weighted by Crippen LogP contribution is 2.29. The van der Waals surface area contributed by atoms with Crippen molar-refractivity contribution in [2.75, 3.05) is 72.6 Å². The molecule has 0 atom stereocenters. The molecule has 0 spiro atoms. The lowest BCUT2D eigenvalue weighted by molar-refractivity contribution is -0.0441. The number of nitrogens with two attached hydrogens (primary N) is 1. The first-order valence-electron chi connectivity index (χ1n) is 42.7. The summed E-state index contributed by atoms with van der Waals surface area (Å²) in [6, 6.07) is 49.2. The number of hydrogen-bond donors (Lipinski definition) is 10. The fourth-order valence-electron chi connectivity index (χ4n) is 12.2. The Balaban J connectivity index is -0.000000314. The second kappa shape index (κ2) is 82.4. The SMILES string of the molecule is Brc1cccc(C2OCCO2)c1.C.C#CC(O)(CCC)CCC.CCCC(O)(CCC)CCc1cccc(COCCN)c1.CCCOCc1cccc(Br)c1.CCCOCc1cccc(C#CC(O)(CCC)CCC)c1.CCCOCc1cccc(CCC(O)(CCC)CCC)c1.CCO.CCO.N=N.O.OCCOCc1cccc(Br)c1.[HH]. The third-order valence-electron chi connectivity index (χ3n) is 17.3. The molecule has 0 radical (unpaired) electrons. The molecule has 6 aromatic carbocycles. The molecular weight excluding hydrogens is 1700 g/mol. The van der Waals surface area contributed by atoms with E-state index in [-0.39, 0.29) is 40.4 Å². The number of halogens is 3. The number of hydrogen-bond acceptors (Lipinski definition) is 17. The van der Waals surface area contributed by atoms with Gasteiger partial charge in [0.15, 0.2) is 6.29 Å². The summed E-state index contributed by atoms with van der Waals surface area (Å²) in [5.74, 6) is 8.64. The van der Waals surface area contributed by atoms with Gasteiger partial charge in [-0.25, -0.2) is 11.1 Å². The van der Waals surface area contributed by atoms with Crippen LogP contribution in [0.5, 0.6) is 0 Å². The zero-order valence-electron chi connectivity index (χ0n) is 74.3. The van der Waals surface area contributed by atoms with Gasteiger partial charge < -0.3 is 80.1 Å². The van der Waals surface area contributed by atoms with Crippen molar-refractivity contribution in [3.63, 3.8) is 0 Å². The molecule has 7 rings (SSSR count). The number of terminal acetylenes is 1. The highest BCUT2D eigenvalue weighted by atomic mass is 79.9. The van der Waals surface area contributed by atoms with Gasteiger partial charge in [-0.1, -0.05) is 298 Å². The quantitative estimate of drug-likeness (QED) is 0.00967. The Morgan fingerprint density at radius 2 is 0.714 bits per heavy atom. The number of rotatable bonds is 43. The Morgan fingerprint density at radius 3 is 1.04 bits per heavy atom. The zero-order valence-corrected chi connectivity index (χ0v) is 79.0. The molecule has 0 aromatic heterocycles. The fourth-order valence-corrected chi connectivity index (χ4v) is 13.5. The Labute approximate surface area is 748 Å². The van der Waals surface area contributed by atoms with Gasteiger partial charge in [-0.05, 0) is 198 Å². The number of aliphatic hydroxyl groups is 7. The van der Waals surface area contributed by atoms with Crippen LogP contribution in [0.2, 0.25) is 0 Å². The maximum absolute atomic E-state index is 10.7. The summed E-state index contributed by atoms with van der Waals surface area (Å²) in [5.41, 5.74) is 23.2. The van der Waals surface area contributed by atoms with E-state index in [1.807, 2.05) is 98.8 Å². The Hall–Kier alpha value is -5.16. The van der Waals surface area contributed by atoms with Crippen molar-refractivity contribution in [2.24, 2.45) is 5.73 Å². The van der Waals surface area contributed by atoms with Crippen LogP contribution in [0.4, 0.5) is 0 Å². The van der Waals surface area contributed by atoms with Gasteiger partial charge in [-0.15, -0.1) is 6.42 Å². The third kappa shape index (κ3) is 67.0. The van der Waals surface area contributed by atoms with E-state index in [2.05, 4.69) is 189 Å². The van der Waals surface area contributed by atoms with Crippen LogP contribution in [0.25, 0.3) is 0 Å². The molecule has 1 saturated heterocycles. The third-order valence-corrected chi connectivity index (χ3v) is 18.8. The normalized spacial score (nSPS) is 11.3. The van der Waals surface area contributed by atoms with Gasteiger partial charge in [0.2, 0.25) is 0 Å². The molecule has 680 valence electrons. The molecule has 21 heteroatoms. The highest BCUT2D eigenvalue weighted by molar-refractivity contribution is 9.11. The van der Waals surface area contributed by atoms with Crippen molar-refractivity contribution in [2.45, 2.75) is 307 Å². The molecular formula is C98H162Br3N3O15. The molecule has 18 nitrogen and oxygen atoms in total. The molecule has 1 heterocycles. The summed E-state index contributed by atoms with van der Waals surface area (Å²) >= 11 is 10.2. The van der Waals surface area contributed by atoms with Crippen molar-refractivity contribution in [3.05, 3.63) is 209 Å². The van der Waals surface area contributed by atoms with Gasteiger partial charge in [0, 0.05) is 65.6 Å². The van der Waals surface area contributed by atoms with E-state index >= 15 is 0 Å². The minimum Gasteiger partial charge on any atom is -0.412 e. The van der Waals surface area contributed by atoms with Crippen molar-refractivity contribution in [3.8, 4) is 24.2 Å². The lowest BCUT2D eigenvalue weighted by Crippen LogP contribution is -2.28. The monoisotopic (exact) mass is 1860 g/mol. The van der Waals surface area contributed by atoms with Gasteiger partial charge in [0.05, 0.1) is 77.3 Å². The first-order chi connectivity index (χ1) is 56.4. The molecule has 1 aliphatic rings. The predicted octanol–water partition coefficient (Wildman–Crippen LogP) is 23.0. The van der Waals surface area contributed by atoms with E-state index < -0.39 is 22.4 Å². The molecule has 1 fully saturated rings. The molecule has 13 N–H and O–H groups in total. The first kappa shape index (κ1) is 122. The minimum atomic E-state index is -0.849. The van der Waals surface area contributed by atoms with E-state index in [1.54, 1.807) is 13.8 Å². The number of nitrogens with one attached hydrogen (secondary N) is 2. The average Bonchev–Trinajstić information content (AvgIpc) is 1.44. The fraction of sp³-hybridized carbons (Fsp3) is 0.592. The Bertz CT molecular complexity index is 3240. The summed E-state index contributed by atoms with van der Waals surface area (Å²) < 4.78 is 41.1. The summed E-state index contributed by atoms with van der Waals surface area (Å²) in [6.45, 7) is 35.6. The van der Waals surface area contributed by atoms with E-state index in [1.165, 1.54) is 27.8 Å². The summed E-state index contributed by atoms with van der Waals surface area (Å²) in [5, 5.41) is 65.1. The van der Waals surface area contributed by atoms with E-state index in [0.29, 0.717) is 66.0 Å². The van der Waals surface area contributed by atoms with Gasteiger partial charge in [0.25, 0.3) is 0 Å². The molecule has 6 aromatic rings. The first-order valence-corrected chi connectivity index (χ1v) is 45.1. The van der Waals surface area contributed by atoms with E-state index in [0.717, 1.165) is 203 Å². The Kier molecular flexibility index (Phi) is 84.8. The van der Waals surface area contributed by atoms with Crippen LogP contribution >= 0.6 is 47.8 Å². The zero-order chi connectivity index (χ0) is 88.1. The maximum Gasteiger partial charge on any atom is 0.184 e. The van der Waals surface area contributed by atoms with E-state index in [4.69, 9.17) is 71.7 Å². The van der Waals surface area contributed by atoms with Gasteiger partial charge in [0.1, 0.15) is 11.2 Å². The van der Waals surface area contributed by atoms with Crippen molar-refractivity contribution in [1.82, 2.24) is 0 Å². The van der Waals surface area contributed by atoms with Crippen LogP contribution < -0.4 is 5.73 Å². The standard InChI is InChI=1S/C19H32O2.C19H28O2.C18H31NO2.C10H13BrO.C9H9BrO2.C9H11BrO2.C9H16O.2C2H6O.CH4.H2N2.H2O.H2/c2*1-4-11-19(20,12-5-2)13-10-17-8-7-9-18(15-17)16-21-14-6-3;1-3-9-18(20,10-4-2)11-8-16-6-5-7-17(14-16)15-21-13-12-19;1-2-6-12-8-9-4-3-5-10(11)7-9;10-8-3-1-2-7(6-8)9-11-4-5-12-9;10-9-3-1-2-8(6-9)7-12-5-4-11;1-4-7-9(10,6-3)8-5-2;2*1-2-3;;1-2;;/h7-9,15,20H,4-6,10-14,16H2,1-3H3;7-9,15,20H,4-6,11-12,14,16H2,1-3H3;5-7,14,20H,3-4,8-13,15,19H2,1-2H3;3-5,7H,2,6,8H2,1H3;1-3,6,9H,4-5H2;1-3,6,11H,4-5,7H2;3,10H,4-5,7-8H2,1-2H3;2*3H,2H2,1H3;1H4;1-2H;1H2;1H. The number of aryl methyl sites for hydroxylation is 2. The van der Waals surface area contributed by atoms with Crippen molar-refractivity contribution >= 4 is 47.8 Å². The van der Waals surface area contributed by atoms with Crippen LogP contribution in [0.15, 0.2) is 159 Å². The lowest BCUT2D eigenvalue weighted by Gasteiger charge is -2.27. The van der Waals surface area contributed by atoms with Gasteiger partial charge in [-0.2, -0.15) is 0 Å². The summed E-state index contributed by atoms with van der Waals surface area (Å²) in [6.07, 6.45) is 26.1. The van der Waals surface area contributed by atoms with Gasteiger partial charge in [-0.3, -0.25) is 0 Å². The van der Waals surface area contributed by atoms with Crippen LogP contribution in [-0.4, -0.2) is 136 Å². The maximum atomic E-state index is 10.7. The topological polar surface area (TPSA) is 311 Å². The minimum absolute atomic E-state index is 0. The number of aliphatic hydroxyl groups excluding tert-OH is 3. The largest absolute Gasteiger partial charge is 0.412 e. The predicted molar refractivity (Wildman–Crippen MR) is 507 cm³/mol. The average molecular weight is 1860 g/mol. The van der Waals surface area contributed by atoms with Gasteiger partial charge >= 0.3 is 0 Å². The lowest BCUT2D eigenvalue weighted by atomic mass is 9.86. The van der Waals surface area contributed by atoms with Crippen molar-refractivity contribution in [1.29, 1.82) is 11.1 Å². The van der Waals surface area contributed by atoms with Crippen LogP contribution in [-0.2, 0) is 79.0 Å².